The van der Waals surface area contributed by atoms with E-state index in [2.05, 4.69) is 17.2 Å². The number of carbonyl (C=O) groups excluding carboxylic acids is 1. The number of benzene rings is 3. The van der Waals surface area contributed by atoms with Crippen molar-refractivity contribution in [3.63, 3.8) is 0 Å². The van der Waals surface area contributed by atoms with Gasteiger partial charge in [-0.25, -0.2) is 4.68 Å². The van der Waals surface area contributed by atoms with Crippen LogP contribution in [0.4, 0.5) is 5.69 Å². The van der Waals surface area contributed by atoms with Gasteiger partial charge in [-0.1, -0.05) is 80.6 Å². The predicted molar refractivity (Wildman–Crippen MR) is 129 cm³/mol. The van der Waals surface area contributed by atoms with Crippen molar-refractivity contribution in [3.8, 4) is 0 Å². The van der Waals surface area contributed by atoms with E-state index in [4.69, 9.17) is 0 Å². The highest BCUT2D eigenvalue weighted by atomic mass is 16.2. The summed E-state index contributed by atoms with van der Waals surface area (Å²) < 4.78 is 1.43. The highest BCUT2D eigenvalue weighted by Crippen LogP contribution is 2.21. The van der Waals surface area contributed by atoms with Crippen LogP contribution in [0.1, 0.15) is 29.9 Å². The molecule has 0 atom stereocenters. The van der Waals surface area contributed by atoms with E-state index in [0.29, 0.717) is 36.0 Å². The maximum absolute atomic E-state index is 13.9. The fourth-order valence-electron chi connectivity index (χ4n) is 3.83. The summed E-state index contributed by atoms with van der Waals surface area (Å²) in [5.74, 6) is 0.0217. The molecule has 1 heterocycles. The van der Waals surface area contributed by atoms with Crippen LogP contribution < -0.4 is 10.5 Å². The second kappa shape index (κ2) is 9.60. The number of amides is 1. The number of hydrogen-bond donors (Lipinski definition) is 0. The standard InChI is InChI=1S/C27H27N3O2/c1-20(2)19-30-26(31)24-16-10-9-15-23(24)25(28-30)27(32)29(22-13-7-4-8-14-22)18-17-21-11-5-3-6-12-21/h3-16,20H,17-19H2,1-2H3. The third-order valence-corrected chi connectivity index (χ3v) is 5.39. The topological polar surface area (TPSA) is 55.2 Å². The van der Waals surface area contributed by atoms with E-state index < -0.39 is 0 Å². The molecule has 1 amide bonds. The van der Waals surface area contributed by atoms with E-state index in [0.717, 1.165) is 11.3 Å². The summed E-state index contributed by atoms with van der Waals surface area (Å²) in [5.41, 5.74) is 2.10. The molecule has 0 spiro atoms. The number of carbonyl (C=O) groups is 1. The Labute approximate surface area is 187 Å². The molecule has 0 aliphatic rings. The number of aromatic nitrogens is 2. The summed E-state index contributed by atoms with van der Waals surface area (Å²) in [4.78, 5) is 28.6. The molecule has 5 heteroatoms. The fourth-order valence-corrected chi connectivity index (χ4v) is 3.83. The van der Waals surface area contributed by atoms with E-state index >= 15 is 0 Å². The molecule has 0 unspecified atom stereocenters. The van der Waals surface area contributed by atoms with Crippen LogP contribution in [0.15, 0.2) is 89.7 Å². The van der Waals surface area contributed by atoms with Gasteiger partial charge in [-0.05, 0) is 36.1 Å². The molecule has 0 N–H and O–H groups in total. The lowest BCUT2D eigenvalue weighted by atomic mass is 10.1. The third kappa shape index (κ3) is 4.62. The van der Waals surface area contributed by atoms with Crippen LogP contribution in [0.3, 0.4) is 0 Å². The Kier molecular flexibility index (Phi) is 6.45. The molecule has 32 heavy (non-hydrogen) atoms. The zero-order valence-corrected chi connectivity index (χ0v) is 18.4. The average Bonchev–Trinajstić information content (AvgIpc) is 2.82. The second-order valence-electron chi connectivity index (χ2n) is 8.30. The van der Waals surface area contributed by atoms with Crippen molar-refractivity contribution in [1.82, 2.24) is 9.78 Å². The van der Waals surface area contributed by atoms with Crippen LogP contribution in [-0.4, -0.2) is 22.2 Å². The first-order chi connectivity index (χ1) is 15.5. The van der Waals surface area contributed by atoms with Gasteiger partial charge in [-0.3, -0.25) is 9.59 Å². The number of hydrogen-bond acceptors (Lipinski definition) is 3. The summed E-state index contributed by atoms with van der Waals surface area (Å²) in [6.07, 6.45) is 0.713. The quantitative estimate of drug-likeness (QED) is 0.421. The molecule has 0 saturated heterocycles. The van der Waals surface area contributed by atoms with Crippen LogP contribution in [0.2, 0.25) is 0 Å². The first-order valence-electron chi connectivity index (χ1n) is 11.0. The second-order valence-corrected chi connectivity index (χ2v) is 8.30. The Morgan fingerprint density at radius 2 is 1.47 bits per heavy atom. The van der Waals surface area contributed by atoms with Gasteiger partial charge in [-0.2, -0.15) is 5.10 Å². The van der Waals surface area contributed by atoms with Crippen molar-refractivity contribution in [3.05, 3.63) is 107 Å². The largest absolute Gasteiger partial charge is 0.307 e. The summed E-state index contributed by atoms with van der Waals surface area (Å²) in [6.45, 7) is 5.02. The highest BCUT2D eigenvalue weighted by molar-refractivity contribution is 6.12. The van der Waals surface area contributed by atoms with Crippen LogP contribution in [0, 0.1) is 5.92 Å². The van der Waals surface area contributed by atoms with Gasteiger partial charge in [0.05, 0.1) is 5.39 Å². The van der Waals surface area contributed by atoms with Crippen molar-refractivity contribution in [2.24, 2.45) is 5.92 Å². The molecule has 4 aromatic rings. The molecule has 0 saturated carbocycles. The Morgan fingerprint density at radius 3 is 2.12 bits per heavy atom. The van der Waals surface area contributed by atoms with Gasteiger partial charge in [-0.15, -0.1) is 0 Å². The summed E-state index contributed by atoms with van der Waals surface area (Å²) in [7, 11) is 0. The first-order valence-corrected chi connectivity index (χ1v) is 11.0. The van der Waals surface area contributed by atoms with Crippen LogP contribution in [-0.2, 0) is 13.0 Å². The molecule has 4 rings (SSSR count). The summed E-state index contributed by atoms with van der Waals surface area (Å²) >= 11 is 0. The fraction of sp³-hybridized carbons (Fsp3) is 0.222. The lowest BCUT2D eigenvalue weighted by molar-refractivity contribution is 0.0981. The van der Waals surface area contributed by atoms with E-state index in [1.807, 2.05) is 74.5 Å². The van der Waals surface area contributed by atoms with Crippen molar-refractivity contribution in [1.29, 1.82) is 0 Å². The maximum Gasteiger partial charge on any atom is 0.279 e. The lowest BCUT2D eigenvalue weighted by Gasteiger charge is -2.24. The van der Waals surface area contributed by atoms with Crippen LogP contribution in [0.25, 0.3) is 10.8 Å². The minimum atomic E-state index is -0.208. The van der Waals surface area contributed by atoms with E-state index in [1.165, 1.54) is 4.68 Å². The van der Waals surface area contributed by atoms with Gasteiger partial charge >= 0.3 is 0 Å². The zero-order chi connectivity index (χ0) is 22.5. The molecule has 162 valence electrons. The van der Waals surface area contributed by atoms with E-state index in [-0.39, 0.29) is 17.4 Å². The number of nitrogens with zero attached hydrogens (tertiary/aromatic N) is 3. The molecule has 3 aromatic carbocycles. The Morgan fingerprint density at radius 1 is 0.875 bits per heavy atom. The van der Waals surface area contributed by atoms with Gasteiger partial charge in [0.25, 0.3) is 11.5 Å². The SMILES string of the molecule is CC(C)Cn1nc(C(=O)N(CCc2ccccc2)c2ccccc2)c2ccccc2c1=O. The van der Waals surface area contributed by atoms with Crippen molar-refractivity contribution < 1.29 is 4.79 Å². The van der Waals surface area contributed by atoms with E-state index in [1.54, 1.807) is 17.0 Å². The number of rotatable bonds is 7. The van der Waals surface area contributed by atoms with Crippen molar-refractivity contribution in [2.75, 3.05) is 11.4 Å². The molecular formula is C27H27N3O2. The smallest absolute Gasteiger partial charge is 0.279 e. The monoisotopic (exact) mass is 425 g/mol. The predicted octanol–water partition coefficient (Wildman–Crippen LogP) is 4.94. The van der Waals surface area contributed by atoms with Gasteiger partial charge in [0, 0.05) is 24.2 Å². The maximum atomic E-state index is 13.9. The highest BCUT2D eigenvalue weighted by Gasteiger charge is 2.23. The number of para-hydroxylation sites is 1. The molecular weight excluding hydrogens is 398 g/mol. The lowest BCUT2D eigenvalue weighted by Crippen LogP contribution is -2.36. The van der Waals surface area contributed by atoms with Gasteiger partial charge in [0.15, 0.2) is 5.69 Å². The van der Waals surface area contributed by atoms with Crippen molar-refractivity contribution >= 4 is 22.4 Å². The molecule has 0 bridgehead atoms. The average molecular weight is 426 g/mol. The number of anilines is 1. The van der Waals surface area contributed by atoms with Gasteiger partial charge < -0.3 is 4.90 Å². The summed E-state index contributed by atoms with van der Waals surface area (Å²) in [6, 6.07) is 27.0. The van der Waals surface area contributed by atoms with Crippen LogP contribution >= 0.6 is 0 Å². The minimum absolute atomic E-state index is 0.165. The zero-order valence-electron chi connectivity index (χ0n) is 18.4. The molecule has 0 radical (unpaired) electrons. The Balaban J connectivity index is 1.79. The normalized spacial score (nSPS) is 11.1. The molecule has 0 aliphatic heterocycles. The molecule has 0 aliphatic carbocycles. The Bertz CT molecular complexity index is 1260. The Hall–Kier alpha value is -3.73. The van der Waals surface area contributed by atoms with Gasteiger partial charge in [0.1, 0.15) is 0 Å². The minimum Gasteiger partial charge on any atom is -0.307 e. The third-order valence-electron chi connectivity index (χ3n) is 5.39. The van der Waals surface area contributed by atoms with Crippen molar-refractivity contribution in [2.45, 2.75) is 26.8 Å². The first kappa shape index (κ1) is 21.5. The molecule has 1 aromatic heterocycles. The van der Waals surface area contributed by atoms with Crippen LogP contribution in [0.5, 0.6) is 0 Å². The van der Waals surface area contributed by atoms with Gasteiger partial charge in [0.2, 0.25) is 0 Å². The number of fused-ring (bicyclic) bond motifs is 1. The molecule has 0 fully saturated rings. The molecule has 5 nitrogen and oxygen atoms in total. The summed E-state index contributed by atoms with van der Waals surface area (Å²) in [5, 5.41) is 5.66. The van der Waals surface area contributed by atoms with E-state index in [9.17, 15) is 9.59 Å².